The van der Waals surface area contributed by atoms with Crippen LogP contribution in [0.15, 0.2) is 194 Å². The Morgan fingerprint density at radius 3 is 0.880 bits per heavy atom. The lowest BCUT2D eigenvalue weighted by Gasteiger charge is -2.26. The molecule has 0 aromatic heterocycles. The largest absolute Gasteiger partial charge is 0.507 e. The first kappa shape index (κ1) is 57.6. The lowest BCUT2D eigenvalue weighted by atomic mass is 9.91. The first-order chi connectivity index (χ1) is 39.5. The lowest BCUT2D eigenvalue weighted by molar-refractivity contribution is 0.130. The van der Waals surface area contributed by atoms with E-state index in [0.29, 0.717) is 22.3 Å². The van der Waals surface area contributed by atoms with E-state index in [9.17, 15) is 10.2 Å². The Balaban J connectivity index is 1.03. The van der Waals surface area contributed by atoms with Crippen molar-refractivity contribution in [1.82, 2.24) is 0 Å². The Hall–Kier alpha value is -8.59. The lowest BCUT2D eigenvalue weighted by Crippen LogP contribution is -2.37. The molecule has 83 heavy (non-hydrogen) atoms. The van der Waals surface area contributed by atoms with Crippen molar-refractivity contribution in [1.29, 1.82) is 0 Å². The first-order valence-electron chi connectivity index (χ1n) is 27.5. The smallest absolute Gasteiger partial charge is 0.195 e. The zero-order valence-electron chi connectivity index (χ0n) is 47.3. The van der Waals surface area contributed by atoms with Crippen LogP contribution in [0.1, 0.15) is 20.3 Å². The molecule has 12 heteroatoms. The fraction of sp³-hybridized carbons (Fsp3) is 0.155. The monoisotopic (exact) mass is 1150 g/mol. The van der Waals surface area contributed by atoms with E-state index in [2.05, 4.69) is 39.3 Å². The second kappa shape index (κ2) is 23.3. The Bertz CT molecular complexity index is 3660. The van der Waals surface area contributed by atoms with Gasteiger partial charge in [-0.05, 0) is 106 Å². The highest BCUT2D eigenvalue weighted by Crippen LogP contribution is 2.48. The van der Waals surface area contributed by atoms with Crippen molar-refractivity contribution in [3.05, 3.63) is 229 Å². The summed E-state index contributed by atoms with van der Waals surface area (Å²) in [7, 11) is -4.70. The molecule has 0 amide bonds. The molecule has 2 N–H and O–H groups in total. The molecule has 0 saturated carbocycles. The minimum atomic E-state index is -2.35. The number of phenolic OH excluding ortho intramolecular Hbond substituents is 2. The van der Waals surface area contributed by atoms with E-state index in [1.54, 1.807) is 26.0 Å². The zero-order valence-corrected chi connectivity index (χ0v) is 49.3. The highest BCUT2D eigenvalue weighted by molar-refractivity contribution is 6.89. The van der Waals surface area contributed by atoms with Crippen LogP contribution in [0.3, 0.4) is 0 Å². The number of hydrogen-bond donors (Lipinski definition) is 2. The van der Waals surface area contributed by atoms with Crippen LogP contribution >= 0.6 is 0 Å². The summed E-state index contributed by atoms with van der Waals surface area (Å²) in [4.78, 5) is 0. The highest BCUT2D eigenvalue weighted by atomic mass is 28.3. The van der Waals surface area contributed by atoms with Gasteiger partial charge in [0.25, 0.3) is 0 Å². The number of benzene rings is 10. The summed E-state index contributed by atoms with van der Waals surface area (Å²) >= 11 is 0. The Morgan fingerprint density at radius 2 is 0.602 bits per heavy atom. The summed E-state index contributed by atoms with van der Waals surface area (Å²) in [5, 5.41) is 26.5. The van der Waals surface area contributed by atoms with E-state index in [-0.39, 0.29) is 17.5 Å². The quantitative estimate of drug-likeness (QED) is 0.0575. The summed E-state index contributed by atoms with van der Waals surface area (Å²) in [6.07, 6.45) is -2.12. The SMILES string of the molecule is C[C@H](C[C@H](C)Oc1cc(F)c(F)c(F)c1-c1cc([Si](C)(C)C)cc(-c2cc(-c3ccccc3)cc(-c3ccccc3)c2)c1O)Oc1cc(F)c(F)c(F)c1-c1cc([Si](C)(C)C)cc(-c2cc(-c3ccccc3)cc(-c3ccccc3)c2)c1O. The molecule has 0 fully saturated rings. The number of hydrogen-bond acceptors (Lipinski definition) is 4. The molecular formula is C71H62F6O4Si2. The minimum absolute atomic E-state index is 0.110. The van der Waals surface area contributed by atoms with E-state index < -0.39 is 97.4 Å². The van der Waals surface area contributed by atoms with E-state index in [0.717, 1.165) is 67.0 Å². The second-order valence-corrected chi connectivity index (χ2v) is 33.4. The summed E-state index contributed by atoms with van der Waals surface area (Å²) in [5.74, 6) is -11.4. The molecule has 0 aliphatic carbocycles. The van der Waals surface area contributed by atoms with Crippen LogP contribution in [0.2, 0.25) is 39.3 Å². The topological polar surface area (TPSA) is 58.9 Å². The van der Waals surface area contributed by atoms with E-state index >= 15 is 26.3 Å². The van der Waals surface area contributed by atoms with Gasteiger partial charge < -0.3 is 19.7 Å². The summed E-state index contributed by atoms with van der Waals surface area (Å²) in [6, 6.07) is 59.1. The molecule has 0 radical (unpaired) electrons. The van der Waals surface area contributed by atoms with Gasteiger partial charge in [0.05, 0.1) is 39.5 Å². The third kappa shape index (κ3) is 12.2. The fourth-order valence-corrected chi connectivity index (χ4v) is 12.9. The number of aromatic hydroxyl groups is 2. The second-order valence-electron chi connectivity index (χ2n) is 23.2. The molecule has 0 saturated heterocycles. The maximum Gasteiger partial charge on any atom is 0.195 e. The van der Waals surface area contributed by atoms with Gasteiger partial charge in [0.15, 0.2) is 34.9 Å². The number of ether oxygens (including phenoxy) is 2. The van der Waals surface area contributed by atoms with Gasteiger partial charge in [0.2, 0.25) is 0 Å². The van der Waals surface area contributed by atoms with E-state index in [1.165, 1.54) is 0 Å². The van der Waals surface area contributed by atoms with Crippen molar-refractivity contribution in [2.75, 3.05) is 0 Å². The third-order valence-corrected chi connectivity index (χ3v) is 19.0. The summed E-state index contributed by atoms with van der Waals surface area (Å²) in [5.41, 5.74) is 7.59. The maximum absolute atomic E-state index is 16.8. The standard InChI is InChI=1S/C71H62F6O4Si2/c1-42(80-62-40-60(72)66(74)68(76)64(62)58-38-54(82(3,4)5)36-56(70(58)78)52-32-48(44-21-13-9-14-22-44)30-49(33-52)45-23-15-10-16-24-45)29-43(2)81-63-41-61(73)67(75)69(77)65(63)59-39-55(83(6,7)8)37-57(71(59)79)53-34-50(46-25-17-11-18-26-46)31-51(35-53)47-27-19-12-20-28-47/h9-28,30-43,78-79H,29H2,1-8H3/t42-,43+. The van der Waals surface area contributed by atoms with Crippen molar-refractivity contribution in [3.63, 3.8) is 0 Å². The molecule has 4 nitrogen and oxygen atoms in total. The van der Waals surface area contributed by atoms with Crippen molar-refractivity contribution < 1.29 is 46.0 Å². The van der Waals surface area contributed by atoms with Gasteiger partial charge in [0, 0.05) is 40.8 Å². The predicted octanol–water partition coefficient (Wildman–Crippen LogP) is 19.0. The van der Waals surface area contributed by atoms with Crippen molar-refractivity contribution in [2.45, 2.75) is 71.8 Å². The van der Waals surface area contributed by atoms with Crippen LogP contribution in [0.25, 0.3) is 89.0 Å². The molecule has 0 spiro atoms. The molecule has 10 rings (SSSR count). The number of rotatable bonds is 16. The molecule has 0 aliphatic heterocycles. The molecular weight excluding hydrogens is 1090 g/mol. The van der Waals surface area contributed by atoms with Gasteiger partial charge >= 0.3 is 0 Å². The molecule has 0 bridgehead atoms. The van der Waals surface area contributed by atoms with Gasteiger partial charge in [-0.3, -0.25) is 0 Å². The molecule has 0 unspecified atom stereocenters. The highest BCUT2D eigenvalue weighted by Gasteiger charge is 2.32. The summed E-state index contributed by atoms with van der Waals surface area (Å²) < 4.78 is 109. The van der Waals surface area contributed by atoms with E-state index in [1.807, 2.05) is 170 Å². The number of halogens is 6. The molecule has 0 heterocycles. The van der Waals surface area contributed by atoms with Crippen LogP contribution in [-0.2, 0) is 0 Å². The zero-order chi connectivity index (χ0) is 59.1. The summed E-state index contributed by atoms with van der Waals surface area (Å²) in [6.45, 7) is 15.6. The maximum atomic E-state index is 16.8. The van der Waals surface area contributed by atoms with Crippen molar-refractivity contribution in [3.8, 4) is 112 Å². The minimum Gasteiger partial charge on any atom is -0.507 e. The van der Waals surface area contributed by atoms with Gasteiger partial charge in [-0.25, -0.2) is 26.3 Å². The Labute approximate surface area is 483 Å². The van der Waals surface area contributed by atoms with Crippen LogP contribution in [0.4, 0.5) is 26.3 Å². The average Bonchev–Trinajstić information content (AvgIpc) is 3.47. The molecule has 2 atom stereocenters. The molecule has 10 aromatic rings. The molecule has 0 aliphatic rings. The molecule has 420 valence electrons. The van der Waals surface area contributed by atoms with Crippen LogP contribution in [0.5, 0.6) is 23.0 Å². The van der Waals surface area contributed by atoms with Gasteiger partial charge in [0.1, 0.15) is 23.0 Å². The predicted molar refractivity (Wildman–Crippen MR) is 330 cm³/mol. The normalized spacial score (nSPS) is 12.5. The Morgan fingerprint density at radius 1 is 0.337 bits per heavy atom. The Kier molecular flexibility index (Phi) is 16.2. The van der Waals surface area contributed by atoms with Crippen LogP contribution < -0.4 is 19.8 Å². The first-order valence-corrected chi connectivity index (χ1v) is 34.5. The number of phenols is 2. The third-order valence-electron chi connectivity index (χ3n) is 15.0. The van der Waals surface area contributed by atoms with E-state index in [4.69, 9.17) is 9.47 Å². The van der Waals surface area contributed by atoms with Crippen molar-refractivity contribution in [2.24, 2.45) is 0 Å². The van der Waals surface area contributed by atoms with Gasteiger partial charge in [-0.2, -0.15) is 0 Å². The van der Waals surface area contributed by atoms with Crippen molar-refractivity contribution >= 4 is 26.5 Å². The van der Waals surface area contributed by atoms with Crippen LogP contribution in [-0.4, -0.2) is 38.6 Å². The fourth-order valence-electron chi connectivity index (χ4n) is 10.5. The van der Waals surface area contributed by atoms with Crippen LogP contribution in [0, 0.1) is 34.9 Å². The van der Waals surface area contributed by atoms with Gasteiger partial charge in [-0.1, -0.05) is 195 Å². The molecule has 10 aromatic carbocycles. The van der Waals surface area contributed by atoms with Gasteiger partial charge in [-0.15, -0.1) is 0 Å². The average molecular weight is 1150 g/mol.